The maximum atomic E-state index is 3.61. The summed E-state index contributed by atoms with van der Waals surface area (Å²) in [6, 6.07) is 0. The lowest BCUT2D eigenvalue weighted by atomic mass is 10.1. The van der Waals surface area contributed by atoms with Crippen LogP contribution in [0.4, 0.5) is 0 Å². The number of hydrogen-bond donors (Lipinski definition) is 0. The van der Waals surface area contributed by atoms with Gasteiger partial charge in [0.1, 0.15) is 0 Å². The average Bonchev–Trinajstić information content (AvgIpc) is 1.67. The van der Waals surface area contributed by atoms with E-state index in [2.05, 4.69) is 27.4 Å². The third-order valence-corrected chi connectivity index (χ3v) is 1.29. The van der Waals surface area contributed by atoms with Crippen molar-refractivity contribution in [3.05, 3.63) is 24.3 Å². The zero-order valence-electron chi connectivity index (χ0n) is 5.94. The lowest BCUT2D eigenvalue weighted by Gasteiger charge is -2.00. The molecule has 0 aliphatic rings. The van der Waals surface area contributed by atoms with Crippen LogP contribution < -0.4 is 0 Å². The van der Waals surface area contributed by atoms with Crippen molar-refractivity contribution in [1.82, 2.24) is 0 Å². The highest BCUT2D eigenvalue weighted by molar-refractivity contribution is 5.09. The van der Waals surface area contributed by atoms with Gasteiger partial charge in [-0.3, -0.25) is 0 Å². The second-order valence-corrected chi connectivity index (χ2v) is 2.30. The molecular formula is C8H14. The fourth-order valence-electron chi connectivity index (χ4n) is 0.378. The van der Waals surface area contributed by atoms with Crippen molar-refractivity contribution in [2.45, 2.75) is 20.8 Å². The van der Waals surface area contributed by atoms with Gasteiger partial charge in [-0.1, -0.05) is 38.2 Å². The molecule has 0 fully saturated rings. The molecule has 0 aromatic heterocycles. The van der Waals surface area contributed by atoms with E-state index in [1.807, 2.05) is 12.2 Å². The second-order valence-electron chi connectivity index (χ2n) is 2.30. The van der Waals surface area contributed by atoms with Crippen molar-refractivity contribution in [2.24, 2.45) is 5.92 Å². The molecular weight excluding hydrogens is 96.1 g/mol. The van der Waals surface area contributed by atoms with E-state index in [0.29, 0.717) is 5.92 Å². The quantitative estimate of drug-likeness (QED) is 0.479. The van der Waals surface area contributed by atoms with Crippen molar-refractivity contribution < 1.29 is 0 Å². The first kappa shape index (κ1) is 7.48. The lowest BCUT2D eigenvalue weighted by molar-refractivity contribution is 0.769. The first-order chi connectivity index (χ1) is 3.68. The van der Waals surface area contributed by atoms with E-state index in [-0.39, 0.29) is 0 Å². The van der Waals surface area contributed by atoms with Gasteiger partial charge in [-0.05, 0) is 12.8 Å². The highest BCUT2D eigenvalue weighted by Gasteiger charge is 1.91. The Labute approximate surface area is 51.9 Å². The van der Waals surface area contributed by atoms with Gasteiger partial charge in [0.15, 0.2) is 0 Å². The molecule has 0 rings (SSSR count). The van der Waals surface area contributed by atoms with Crippen LogP contribution in [0.5, 0.6) is 0 Å². The van der Waals surface area contributed by atoms with Gasteiger partial charge in [-0.15, -0.1) is 0 Å². The maximum absolute atomic E-state index is 3.61. The van der Waals surface area contributed by atoms with Crippen molar-refractivity contribution in [3.63, 3.8) is 0 Å². The fraction of sp³-hybridized carbons (Fsp3) is 0.500. The molecule has 0 unspecified atom stereocenters. The number of rotatable bonds is 2. The van der Waals surface area contributed by atoms with Crippen LogP contribution in [0.1, 0.15) is 20.8 Å². The second kappa shape index (κ2) is 3.48. The number of hydrogen-bond acceptors (Lipinski definition) is 0. The third-order valence-electron chi connectivity index (χ3n) is 1.29. The molecule has 0 aromatic rings. The molecule has 0 N–H and O–H groups in total. The van der Waals surface area contributed by atoms with Crippen LogP contribution in [0, 0.1) is 5.92 Å². The van der Waals surface area contributed by atoms with E-state index >= 15 is 0 Å². The molecule has 0 radical (unpaired) electrons. The maximum Gasteiger partial charge on any atom is -0.0260 e. The van der Waals surface area contributed by atoms with Crippen LogP contribution in [0.25, 0.3) is 0 Å². The Morgan fingerprint density at radius 1 is 1.50 bits per heavy atom. The van der Waals surface area contributed by atoms with Gasteiger partial charge in [-0.25, -0.2) is 0 Å². The standard InChI is InChI=1S/C8H14/c1-5-6-8(4)7(2)3/h5-7H,1H2,2-4H3/b8-6+. The number of allylic oxidation sites excluding steroid dienone is 3. The summed E-state index contributed by atoms with van der Waals surface area (Å²) in [7, 11) is 0. The molecule has 0 aromatic carbocycles. The Bertz CT molecular complexity index is 96.6. The Morgan fingerprint density at radius 2 is 2.00 bits per heavy atom. The normalized spacial score (nSPS) is 12.2. The van der Waals surface area contributed by atoms with Gasteiger partial charge in [0, 0.05) is 0 Å². The van der Waals surface area contributed by atoms with Crippen molar-refractivity contribution in [3.8, 4) is 0 Å². The summed E-state index contributed by atoms with van der Waals surface area (Å²) in [5.74, 6) is 0.660. The predicted molar refractivity (Wildman–Crippen MR) is 38.8 cm³/mol. The van der Waals surface area contributed by atoms with Crippen LogP contribution >= 0.6 is 0 Å². The van der Waals surface area contributed by atoms with Crippen LogP contribution in [-0.4, -0.2) is 0 Å². The summed E-state index contributed by atoms with van der Waals surface area (Å²) in [5, 5.41) is 0. The Morgan fingerprint density at radius 3 is 2.12 bits per heavy atom. The molecule has 0 spiro atoms. The first-order valence-corrected chi connectivity index (χ1v) is 2.97. The molecule has 0 heterocycles. The van der Waals surface area contributed by atoms with Crippen molar-refractivity contribution >= 4 is 0 Å². The summed E-state index contributed by atoms with van der Waals surface area (Å²) in [5.41, 5.74) is 1.39. The van der Waals surface area contributed by atoms with Crippen LogP contribution in [-0.2, 0) is 0 Å². The summed E-state index contributed by atoms with van der Waals surface area (Å²) >= 11 is 0. The topological polar surface area (TPSA) is 0 Å². The zero-order chi connectivity index (χ0) is 6.57. The smallest absolute Gasteiger partial charge is 0.0260 e. The minimum Gasteiger partial charge on any atom is -0.0991 e. The average molecular weight is 110 g/mol. The molecule has 0 aliphatic heterocycles. The van der Waals surface area contributed by atoms with E-state index in [4.69, 9.17) is 0 Å². The monoisotopic (exact) mass is 110 g/mol. The molecule has 0 atom stereocenters. The van der Waals surface area contributed by atoms with Crippen molar-refractivity contribution in [1.29, 1.82) is 0 Å². The zero-order valence-corrected chi connectivity index (χ0v) is 5.94. The molecule has 46 valence electrons. The van der Waals surface area contributed by atoms with Gasteiger partial charge in [-0.2, -0.15) is 0 Å². The van der Waals surface area contributed by atoms with Gasteiger partial charge >= 0.3 is 0 Å². The molecule has 0 saturated carbocycles. The summed E-state index contributed by atoms with van der Waals surface area (Å²) < 4.78 is 0. The summed E-state index contributed by atoms with van der Waals surface area (Å²) in [4.78, 5) is 0. The van der Waals surface area contributed by atoms with Crippen LogP contribution in [0.15, 0.2) is 24.3 Å². The molecule has 0 heteroatoms. The SMILES string of the molecule is C=C/C=C(\C)C(C)C. The van der Waals surface area contributed by atoms with Gasteiger partial charge in [0.25, 0.3) is 0 Å². The lowest BCUT2D eigenvalue weighted by Crippen LogP contribution is -1.86. The predicted octanol–water partition coefficient (Wildman–Crippen LogP) is 2.77. The molecule has 8 heavy (non-hydrogen) atoms. The van der Waals surface area contributed by atoms with Gasteiger partial charge < -0.3 is 0 Å². The summed E-state index contributed by atoms with van der Waals surface area (Å²) in [6.07, 6.45) is 3.88. The van der Waals surface area contributed by atoms with E-state index in [9.17, 15) is 0 Å². The molecule has 0 amide bonds. The Kier molecular flexibility index (Phi) is 3.25. The van der Waals surface area contributed by atoms with E-state index < -0.39 is 0 Å². The first-order valence-electron chi connectivity index (χ1n) is 2.97. The fourth-order valence-corrected chi connectivity index (χ4v) is 0.378. The molecule has 0 bridgehead atoms. The Balaban J connectivity index is 3.78. The molecule has 0 aliphatic carbocycles. The highest BCUT2D eigenvalue weighted by atomic mass is 14.0. The van der Waals surface area contributed by atoms with Gasteiger partial charge in [0.2, 0.25) is 0 Å². The third kappa shape index (κ3) is 2.62. The van der Waals surface area contributed by atoms with E-state index in [1.165, 1.54) is 5.57 Å². The van der Waals surface area contributed by atoms with Crippen LogP contribution in [0.2, 0.25) is 0 Å². The minimum atomic E-state index is 0.660. The van der Waals surface area contributed by atoms with Crippen LogP contribution in [0.3, 0.4) is 0 Å². The van der Waals surface area contributed by atoms with Crippen molar-refractivity contribution in [2.75, 3.05) is 0 Å². The van der Waals surface area contributed by atoms with E-state index in [1.54, 1.807) is 0 Å². The largest absolute Gasteiger partial charge is 0.0991 e. The van der Waals surface area contributed by atoms with E-state index in [0.717, 1.165) is 0 Å². The highest BCUT2D eigenvalue weighted by Crippen LogP contribution is 2.06. The minimum absolute atomic E-state index is 0.660. The molecule has 0 saturated heterocycles. The summed E-state index contributed by atoms with van der Waals surface area (Å²) in [6.45, 7) is 10.1. The molecule has 0 nitrogen and oxygen atoms in total. The van der Waals surface area contributed by atoms with Gasteiger partial charge in [0.05, 0.1) is 0 Å². The Hall–Kier alpha value is -0.520.